The number of thiophene rings is 1. The zero-order valence-corrected chi connectivity index (χ0v) is 10.8. The van der Waals surface area contributed by atoms with Gasteiger partial charge in [-0.1, -0.05) is 18.2 Å². The van der Waals surface area contributed by atoms with Crippen LogP contribution in [-0.2, 0) is 0 Å². The summed E-state index contributed by atoms with van der Waals surface area (Å²) in [5, 5.41) is 0.823. The maximum absolute atomic E-state index is 13.6. The monoisotopic (exact) mass is 292 g/mol. The first-order valence-electron chi connectivity index (χ1n) is 5.74. The van der Waals surface area contributed by atoms with Gasteiger partial charge < -0.3 is 0 Å². The Bertz CT molecular complexity index is 767. The van der Waals surface area contributed by atoms with Crippen LogP contribution in [0.5, 0.6) is 0 Å². The lowest BCUT2D eigenvalue weighted by Crippen LogP contribution is -2.06. The molecule has 0 aliphatic carbocycles. The highest BCUT2D eigenvalue weighted by atomic mass is 32.1. The molecule has 0 bridgehead atoms. The highest BCUT2D eigenvalue weighted by Crippen LogP contribution is 2.28. The molecular formula is C15H7F3OS. The number of benzene rings is 2. The van der Waals surface area contributed by atoms with Gasteiger partial charge in [0, 0.05) is 16.8 Å². The third-order valence-electron chi connectivity index (χ3n) is 2.88. The summed E-state index contributed by atoms with van der Waals surface area (Å²) in [4.78, 5) is 12.4. The molecule has 0 saturated carbocycles. The van der Waals surface area contributed by atoms with Gasteiger partial charge in [0.1, 0.15) is 17.5 Å². The lowest BCUT2D eigenvalue weighted by molar-refractivity contribution is 0.103. The average molecular weight is 292 g/mol. The van der Waals surface area contributed by atoms with Crippen molar-refractivity contribution in [1.82, 2.24) is 0 Å². The number of carbonyl (C=O) groups excluding carboxylic acids is 1. The predicted octanol–water partition coefficient (Wildman–Crippen LogP) is 4.55. The zero-order valence-electron chi connectivity index (χ0n) is 9.99. The van der Waals surface area contributed by atoms with Gasteiger partial charge in [-0.2, -0.15) is 0 Å². The minimum Gasteiger partial charge on any atom is -0.287 e. The van der Waals surface area contributed by atoms with Crippen molar-refractivity contribution >= 4 is 27.2 Å². The first-order valence-corrected chi connectivity index (χ1v) is 6.56. The molecule has 1 heterocycles. The lowest BCUT2D eigenvalue weighted by atomic mass is 10.1. The molecule has 0 aliphatic heterocycles. The zero-order chi connectivity index (χ0) is 14.3. The number of rotatable bonds is 2. The fourth-order valence-electron chi connectivity index (χ4n) is 1.98. The van der Waals surface area contributed by atoms with Crippen molar-refractivity contribution in [2.75, 3.05) is 0 Å². The molecule has 0 unspecified atom stereocenters. The molecule has 0 fully saturated rings. The Kier molecular flexibility index (Phi) is 3.06. The molecule has 0 atom stereocenters. The topological polar surface area (TPSA) is 17.1 Å². The Morgan fingerprint density at radius 3 is 2.25 bits per heavy atom. The summed E-state index contributed by atoms with van der Waals surface area (Å²) in [5.74, 6) is -4.20. The minimum absolute atomic E-state index is 0.218. The summed E-state index contributed by atoms with van der Waals surface area (Å²) in [5.41, 5.74) is -0.724. The average Bonchev–Trinajstić information content (AvgIpc) is 2.81. The van der Waals surface area contributed by atoms with Crippen LogP contribution < -0.4 is 0 Å². The second kappa shape index (κ2) is 4.76. The van der Waals surface area contributed by atoms with Crippen LogP contribution in [0.4, 0.5) is 13.2 Å². The van der Waals surface area contributed by atoms with Crippen molar-refractivity contribution in [2.45, 2.75) is 0 Å². The number of hydrogen-bond donors (Lipinski definition) is 0. The lowest BCUT2D eigenvalue weighted by Gasteiger charge is -2.02. The first kappa shape index (κ1) is 12.9. The Hall–Kier alpha value is -2.14. The molecule has 1 nitrogen and oxygen atoms in total. The van der Waals surface area contributed by atoms with Crippen molar-refractivity contribution in [2.24, 2.45) is 0 Å². The normalized spacial score (nSPS) is 10.9. The van der Waals surface area contributed by atoms with Gasteiger partial charge in [-0.25, -0.2) is 13.2 Å². The standard InChI is InChI=1S/C15H7F3OS/c16-9-6-10(17)14(11(18)7-9)15(19)13-5-8-3-1-2-4-12(8)20-13/h1-7H. The molecule has 0 amide bonds. The summed E-state index contributed by atoms with van der Waals surface area (Å²) in [6.45, 7) is 0. The van der Waals surface area contributed by atoms with Crippen molar-refractivity contribution < 1.29 is 18.0 Å². The Balaban J connectivity index is 2.13. The predicted molar refractivity (Wildman–Crippen MR) is 71.6 cm³/mol. The highest BCUT2D eigenvalue weighted by Gasteiger charge is 2.22. The summed E-state index contributed by atoms with van der Waals surface area (Å²) < 4.78 is 40.9. The fraction of sp³-hybridized carbons (Fsp3) is 0. The van der Waals surface area contributed by atoms with Crippen LogP contribution in [0.1, 0.15) is 15.2 Å². The molecule has 0 saturated heterocycles. The molecule has 2 aromatic carbocycles. The van der Waals surface area contributed by atoms with E-state index in [0.717, 1.165) is 21.4 Å². The molecule has 3 aromatic rings. The number of ketones is 1. The van der Waals surface area contributed by atoms with Gasteiger partial charge in [0.25, 0.3) is 0 Å². The van der Waals surface area contributed by atoms with E-state index in [2.05, 4.69) is 0 Å². The van der Waals surface area contributed by atoms with E-state index in [0.29, 0.717) is 12.1 Å². The van der Waals surface area contributed by atoms with Crippen LogP contribution in [0.15, 0.2) is 42.5 Å². The van der Waals surface area contributed by atoms with E-state index in [4.69, 9.17) is 0 Å². The van der Waals surface area contributed by atoms with Crippen LogP contribution in [0, 0.1) is 17.5 Å². The fourth-order valence-corrected chi connectivity index (χ4v) is 2.99. The van der Waals surface area contributed by atoms with E-state index < -0.39 is 28.8 Å². The molecular weight excluding hydrogens is 285 g/mol. The molecule has 100 valence electrons. The Labute approximate surface area is 116 Å². The second-order valence-corrected chi connectivity index (χ2v) is 5.31. The van der Waals surface area contributed by atoms with Gasteiger partial charge in [-0.05, 0) is 17.5 Å². The van der Waals surface area contributed by atoms with Gasteiger partial charge in [0.05, 0.1) is 10.4 Å². The summed E-state index contributed by atoms with van der Waals surface area (Å²) in [7, 11) is 0. The van der Waals surface area contributed by atoms with Crippen molar-refractivity contribution in [3.63, 3.8) is 0 Å². The van der Waals surface area contributed by atoms with Gasteiger partial charge in [-0.3, -0.25) is 4.79 Å². The maximum atomic E-state index is 13.6. The highest BCUT2D eigenvalue weighted by molar-refractivity contribution is 7.21. The first-order chi connectivity index (χ1) is 9.56. The van der Waals surface area contributed by atoms with E-state index in [1.165, 1.54) is 0 Å². The van der Waals surface area contributed by atoms with Crippen LogP contribution in [0.2, 0.25) is 0 Å². The van der Waals surface area contributed by atoms with Crippen LogP contribution in [0.3, 0.4) is 0 Å². The van der Waals surface area contributed by atoms with E-state index >= 15 is 0 Å². The smallest absolute Gasteiger partial charge is 0.208 e. The van der Waals surface area contributed by atoms with Crippen LogP contribution >= 0.6 is 11.3 Å². The minimum atomic E-state index is -1.19. The van der Waals surface area contributed by atoms with E-state index in [1.54, 1.807) is 12.1 Å². The largest absolute Gasteiger partial charge is 0.287 e. The van der Waals surface area contributed by atoms with Gasteiger partial charge in [-0.15, -0.1) is 11.3 Å². The maximum Gasteiger partial charge on any atom is 0.208 e. The number of fused-ring (bicyclic) bond motifs is 1. The van der Waals surface area contributed by atoms with Crippen molar-refractivity contribution in [3.8, 4) is 0 Å². The third-order valence-corrected chi connectivity index (χ3v) is 4.00. The molecule has 1 aromatic heterocycles. The summed E-state index contributed by atoms with van der Waals surface area (Å²) in [6, 6.07) is 9.82. The number of halogens is 3. The molecule has 0 spiro atoms. The van der Waals surface area contributed by atoms with E-state index in [1.807, 2.05) is 18.2 Å². The molecule has 5 heteroatoms. The molecule has 0 N–H and O–H groups in total. The van der Waals surface area contributed by atoms with Crippen molar-refractivity contribution in [3.05, 3.63) is 70.4 Å². The SMILES string of the molecule is O=C(c1cc2ccccc2s1)c1c(F)cc(F)cc1F. The summed E-state index contributed by atoms with van der Waals surface area (Å²) >= 11 is 1.15. The van der Waals surface area contributed by atoms with Gasteiger partial charge >= 0.3 is 0 Å². The molecule has 20 heavy (non-hydrogen) atoms. The van der Waals surface area contributed by atoms with E-state index in [-0.39, 0.29) is 4.88 Å². The number of hydrogen-bond acceptors (Lipinski definition) is 2. The van der Waals surface area contributed by atoms with Gasteiger partial charge in [0.15, 0.2) is 0 Å². The number of carbonyl (C=O) groups is 1. The Morgan fingerprint density at radius 2 is 1.60 bits per heavy atom. The van der Waals surface area contributed by atoms with Crippen molar-refractivity contribution in [1.29, 1.82) is 0 Å². The van der Waals surface area contributed by atoms with Gasteiger partial charge in [0.2, 0.25) is 5.78 Å². The van der Waals surface area contributed by atoms with E-state index in [9.17, 15) is 18.0 Å². The van der Waals surface area contributed by atoms with Crippen LogP contribution in [-0.4, -0.2) is 5.78 Å². The molecule has 0 radical (unpaired) electrons. The summed E-state index contributed by atoms with van der Waals surface area (Å²) in [6.07, 6.45) is 0. The Morgan fingerprint density at radius 1 is 0.950 bits per heavy atom. The quantitative estimate of drug-likeness (QED) is 0.633. The molecule has 0 aliphatic rings. The van der Waals surface area contributed by atoms with Crippen LogP contribution in [0.25, 0.3) is 10.1 Å². The molecule has 3 rings (SSSR count). The second-order valence-electron chi connectivity index (χ2n) is 4.22. The third kappa shape index (κ3) is 2.10.